The molecule has 0 unspecified atom stereocenters. The Kier molecular flexibility index (Phi) is 15.9. The van der Waals surface area contributed by atoms with Crippen molar-refractivity contribution in [1.82, 2.24) is 0 Å². The number of hydrogen-bond donors (Lipinski definition) is 3. The Balaban J connectivity index is 1.90. The molecule has 0 spiro atoms. The minimum absolute atomic E-state index is 0.0918. The first-order chi connectivity index (χ1) is 13.7. The van der Waals surface area contributed by atoms with Crippen molar-refractivity contribution in [3.8, 4) is 0 Å². The van der Waals surface area contributed by atoms with Crippen molar-refractivity contribution in [2.45, 2.75) is 115 Å². The van der Waals surface area contributed by atoms with Crippen LogP contribution in [-0.2, 0) is 9.47 Å². The van der Waals surface area contributed by atoms with Crippen molar-refractivity contribution in [2.75, 3.05) is 19.8 Å². The van der Waals surface area contributed by atoms with Crippen LogP contribution in [0.4, 0.5) is 0 Å². The summed E-state index contributed by atoms with van der Waals surface area (Å²) in [6.07, 6.45) is 17.9. The molecule has 5 nitrogen and oxygen atoms in total. The van der Waals surface area contributed by atoms with E-state index in [-0.39, 0.29) is 13.2 Å². The molecule has 28 heavy (non-hydrogen) atoms. The molecule has 3 N–H and O–H groups in total. The standard InChI is InChI=1S/C23H44O5/c1-2-3-4-5-6-7-8-9-10-11-12-13-14-15-16-17-27-23-20(25)19-28-21(18-24)22(23)26/h12-13,20-26H,2-11,14-19H2,1H3/b13-12+/t20-,21+,22+,23+/m0/s1. The first kappa shape index (κ1) is 25.6. The van der Waals surface area contributed by atoms with Gasteiger partial charge in [0.2, 0.25) is 0 Å². The fourth-order valence-corrected chi connectivity index (χ4v) is 3.62. The van der Waals surface area contributed by atoms with Crippen LogP contribution in [0.3, 0.4) is 0 Å². The average Bonchev–Trinajstić information content (AvgIpc) is 2.70. The van der Waals surface area contributed by atoms with Crippen molar-refractivity contribution in [3.63, 3.8) is 0 Å². The lowest BCUT2D eigenvalue weighted by atomic mass is 10.0. The highest BCUT2D eigenvalue weighted by molar-refractivity contribution is 4.87. The number of unbranched alkanes of at least 4 members (excludes halogenated alkanes) is 11. The fraction of sp³-hybridized carbons (Fsp3) is 0.913. The van der Waals surface area contributed by atoms with Gasteiger partial charge in [0.05, 0.1) is 13.2 Å². The van der Waals surface area contributed by atoms with Gasteiger partial charge in [-0.05, 0) is 32.1 Å². The molecule has 0 aromatic rings. The smallest absolute Gasteiger partial charge is 0.114 e. The second kappa shape index (κ2) is 17.4. The van der Waals surface area contributed by atoms with Crippen LogP contribution in [0.5, 0.6) is 0 Å². The molecule has 0 amide bonds. The van der Waals surface area contributed by atoms with Crippen LogP contribution >= 0.6 is 0 Å². The van der Waals surface area contributed by atoms with Gasteiger partial charge in [-0.3, -0.25) is 0 Å². The van der Waals surface area contributed by atoms with Gasteiger partial charge in [0, 0.05) is 6.61 Å². The average molecular weight is 401 g/mol. The minimum atomic E-state index is -0.981. The number of ether oxygens (including phenoxy) is 2. The highest BCUT2D eigenvalue weighted by Crippen LogP contribution is 2.19. The van der Waals surface area contributed by atoms with Gasteiger partial charge < -0.3 is 24.8 Å². The lowest BCUT2D eigenvalue weighted by Crippen LogP contribution is -2.55. The van der Waals surface area contributed by atoms with Crippen LogP contribution in [0.25, 0.3) is 0 Å². The third-order valence-corrected chi connectivity index (χ3v) is 5.47. The Hall–Kier alpha value is -0.460. The van der Waals surface area contributed by atoms with Gasteiger partial charge in [-0.15, -0.1) is 0 Å². The summed E-state index contributed by atoms with van der Waals surface area (Å²) in [7, 11) is 0. The second-order valence-corrected chi connectivity index (χ2v) is 8.03. The molecule has 0 aromatic carbocycles. The van der Waals surface area contributed by atoms with Crippen LogP contribution in [0.2, 0.25) is 0 Å². The molecule has 1 heterocycles. The van der Waals surface area contributed by atoms with Gasteiger partial charge in [-0.1, -0.05) is 70.4 Å². The Morgan fingerprint density at radius 2 is 1.43 bits per heavy atom. The van der Waals surface area contributed by atoms with E-state index in [2.05, 4.69) is 19.1 Å². The van der Waals surface area contributed by atoms with Crippen LogP contribution in [0, 0.1) is 0 Å². The van der Waals surface area contributed by atoms with Gasteiger partial charge in [0.15, 0.2) is 0 Å². The summed E-state index contributed by atoms with van der Waals surface area (Å²) < 4.78 is 10.8. The van der Waals surface area contributed by atoms with Gasteiger partial charge in [-0.25, -0.2) is 0 Å². The maximum atomic E-state index is 10.0. The van der Waals surface area contributed by atoms with Crippen molar-refractivity contribution in [3.05, 3.63) is 12.2 Å². The van der Waals surface area contributed by atoms with Crippen molar-refractivity contribution in [2.24, 2.45) is 0 Å². The number of allylic oxidation sites excluding steroid dienone is 2. The first-order valence-corrected chi connectivity index (χ1v) is 11.6. The Morgan fingerprint density at radius 1 is 0.857 bits per heavy atom. The quantitative estimate of drug-likeness (QED) is 0.253. The highest BCUT2D eigenvalue weighted by atomic mass is 16.6. The predicted molar refractivity (Wildman–Crippen MR) is 113 cm³/mol. The fourth-order valence-electron chi connectivity index (χ4n) is 3.62. The number of hydrogen-bond acceptors (Lipinski definition) is 5. The van der Waals surface area contributed by atoms with E-state index in [0.717, 1.165) is 19.3 Å². The minimum Gasteiger partial charge on any atom is -0.394 e. The van der Waals surface area contributed by atoms with Gasteiger partial charge in [-0.2, -0.15) is 0 Å². The summed E-state index contributed by atoms with van der Waals surface area (Å²) in [4.78, 5) is 0. The summed E-state index contributed by atoms with van der Waals surface area (Å²) in [5.74, 6) is 0. The molecule has 1 saturated heterocycles. The Labute approximate surface area is 172 Å². The Morgan fingerprint density at radius 3 is 2.04 bits per heavy atom. The van der Waals surface area contributed by atoms with Crippen molar-refractivity contribution >= 4 is 0 Å². The zero-order valence-electron chi connectivity index (χ0n) is 17.9. The second-order valence-electron chi connectivity index (χ2n) is 8.03. The molecular weight excluding hydrogens is 356 g/mol. The molecule has 5 heteroatoms. The molecule has 1 fully saturated rings. The van der Waals surface area contributed by atoms with Crippen LogP contribution in [0.15, 0.2) is 12.2 Å². The molecule has 0 radical (unpaired) electrons. The van der Waals surface area contributed by atoms with Gasteiger partial charge in [0.1, 0.15) is 24.4 Å². The maximum absolute atomic E-state index is 10.0. The van der Waals surface area contributed by atoms with E-state index in [0.29, 0.717) is 6.61 Å². The summed E-state index contributed by atoms with van der Waals surface area (Å²) in [5.41, 5.74) is 0. The SMILES string of the molecule is CCCCCCCCCCC/C=C/CCCCO[C@H]1[C@H](O)[C@@H](CO)OC[C@@H]1O. The lowest BCUT2D eigenvalue weighted by molar-refractivity contribution is -0.210. The summed E-state index contributed by atoms with van der Waals surface area (Å²) in [6.45, 7) is 2.59. The monoisotopic (exact) mass is 400 g/mol. The molecule has 1 aliphatic rings. The van der Waals surface area contributed by atoms with Crippen LogP contribution < -0.4 is 0 Å². The van der Waals surface area contributed by atoms with E-state index in [4.69, 9.17) is 14.6 Å². The molecule has 1 rings (SSSR count). The largest absolute Gasteiger partial charge is 0.394 e. The van der Waals surface area contributed by atoms with Crippen LogP contribution in [0.1, 0.15) is 90.4 Å². The zero-order valence-corrected chi connectivity index (χ0v) is 17.9. The first-order valence-electron chi connectivity index (χ1n) is 11.6. The van der Waals surface area contributed by atoms with Crippen molar-refractivity contribution < 1.29 is 24.8 Å². The highest BCUT2D eigenvalue weighted by Gasteiger charge is 2.38. The van der Waals surface area contributed by atoms with E-state index >= 15 is 0 Å². The molecular formula is C23H44O5. The molecule has 0 aliphatic carbocycles. The molecule has 0 bridgehead atoms. The van der Waals surface area contributed by atoms with Gasteiger partial charge in [0.25, 0.3) is 0 Å². The Bertz CT molecular complexity index is 374. The maximum Gasteiger partial charge on any atom is 0.114 e. The normalized spacial score (nSPS) is 25.6. The predicted octanol–water partition coefficient (Wildman–Crippen LogP) is 4.13. The molecule has 166 valence electrons. The molecule has 4 atom stereocenters. The van der Waals surface area contributed by atoms with E-state index in [1.807, 2.05) is 0 Å². The van der Waals surface area contributed by atoms with E-state index in [9.17, 15) is 10.2 Å². The summed E-state index contributed by atoms with van der Waals surface area (Å²) >= 11 is 0. The number of aliphatic hydroxyl groups is 3. The van der Waals surface area contributed by atoms with Crippen LogP contribution in [-0.4, -0.2) is 59.6 Å². The summed E-state index contributed by atoms with van der Waals surface area (Å²) in [6, 6.07) is 0. The van der Waals surface area contributed by atoms with E-state index in [1.54, 1.807) is 0 Å². The van der Waals surface area contributed by atoms with E-state index in [1.165, 1.54) is 64.2 Å². The van der Waals surface area contributed by atoms with Crippen molar-refractivity contribution in [1.29, 1.82) is 0 Å². The van der Waals surface area contributed by atoms with Gasteiger partial charge >= 0.3 is 0 Å². The third kappa shape index (κ3) is 11.5. The molecule has 0 aromatic heterocycles. The lowest BCUT2D eigenvalue weighted by Gasteiger charge is -2.37. The third-order valence-electron chi connectivity index (χ3n) is 5.47. The van der Waals surface area contributed by atoms with E-state index < -0.39 is 24.4 Å². The number of rotatable bonds is 17. The summed E-state index contributed by atoms with van der Waals surface area (Å²) in [5, 5.41) is 29.1. The molecule has 1 aliphatic heterocycles. The zero-order chi connectivity index (χ0) is 20.5. The topological polar surface area (TPSA) is 79.2 Å². The molecule has 0 saturated carbocycles. The number of aliphatic hydroxyl groups excluding tert-OH is 3.